The summed E-state index contributed by atoms with van der Waals surface area (Å²) in [5.41, 5.74) is 1.38. The Morgan fingerprint density at radius 1 is 1.34 bits per heavy atom. The van der Waals surface area contributed by atoms with Crippen molar-refractivity contribution in [1.29, 1.82) is 0 Å². The molecule has 0 saturated carbocycles. The predicted molar refractivity (Wildman–Crippen MR) is 111 cm³/mol. The predicted octanol–water partition coefficient (Wildman–Crippen LogP) is 2.08. The number of aryl methyl sites for hydroxylation is 2. The van der Waals surface area contributed by atoms with Gasteiger partial charge in [-0.1, -0.05) is 6.92 Å². The third-order valence-electron chi connectivity index (χ3n) is 5.53. The van der Waals surface area contributed by atoms with E-state index in [0.717, 1.165) is 43.0 Å². The van der Waals surface area contributed by atoms with Crippen LogP contribution in [0.5, 0.6) is 0 Å². The van der Waals surface area contributed by atoms with Gasteiger partial charge in [0.15, 0.2) is 0 Å². The molecule has 0 spiro atoms. The zero-order valence-electron chi connectivity index (χ0n) is 16.7. The number of nitrogens with one attached hydrogen (secondary N) is 1. The number of hydrogen-bond donors (Lipinski definition) is 2. The number of H-pyrrole nitrogens is 1. The summed E-state index contributed by atoms with van der Waals surface area (Å²) in [6, 6.07) is 5.40. The maximum atomic E-state index is 11.8. The van der Waals surface area contributed by atoms with E-state index in [0.29, 0.717) is 18.1 Å². The van der Waals surface area contributed by atoms with Crippen molar-refractivity contribution in [3.63, 3.8) is 0 Å². The minimum absolute atomic E-state index is 0.102. The molecular weight excluding hydrogens is 368 g/mol. The van der Waals surface area contributed by atoms with Gasteiger partial charge in [0.1, 0.15) is 23.6 Å². The van der Waals surface area contributed by atoms with Gasteiger partial charge in [0.25, 0.3) is 5.56 Å². The van der Waals surface area contributed by atoms with Crippen LogP contribution in [0.1, 0.15) is 37.4 Å². The molecule has 1 aliphatic heterocycles. The highest BCUT2D eigenvalue weighted by Gasteiger charge is 2.29. The molecule has 1 fully saturated rings. The summed E-state index contributed by atoms with van der Waals surface area (Å²) < 4.78 is 1.87. The van der Waals surface area contributed by atoms with Crippen LogP contribution >= 0.6 is 0 Å². The molecule has 3 aromatic heterocycles. The molecule has 0 aliphatic carbocycles. The van der Waals surface area contributed by atoms with Gasteiger partial charge >= 0.3 is 0 Å². The Morgan fingerprint density at radius 2 is 2.21 bits per heavy atom. The number of hydrogen-bond acceptors (Lipinski definition) is 6. The summed E-state index contributed by atoms with van der Waals surface area (Å²) in [6.07, 6.45) is 7.36. The first kappa shape index (κ1) is 19.3. The molecule has 0 aromatic carbocycles. The van der Waals surface area contributed by atoms with Gasteiger partial charge in [-0.25, -0.2) is 15.0 Å². The van der Waals surface area contributed by atoms with Crippen LogP contribution in [0.3, 0.4) is 0 Å². The maximum absolute atomic E-state index is 11.8. The van der Waals surface area contributed by atoms with Crippen molar-refractivity contribution in [3.8, 4) is 11.4 Å². The molecule has 4 rings (SSSR count). The molecule has 0 amide bonds. The standard InChI is InChI=1S/C21H26N6O2/c1-3-16-11-18(28)25-20(24-16)14-6-7-17(23-12-14)27-9-4-5-15(13-27)19(29)21-22-8-10-26(21)2/h6-8,10-12,15,19,29H,3-5,9,13H2,1-2H3,(H,24,25,28). The lowest BCUT2D eigenvalue weighted by Crippen LogP contribution is -2.38. The highest BCUT2D eigenvalue weighted by molar-refractivity contribution is 5.56. The third-order valence-corrected chi connectivity index (χ3v) is 5.53. The molecule has 4 heterocycles. The second-order valence-electron chi connectivity index (χ2n) is 7.53. The van der Waals surface area contributed by atoms with Crippen molar-refractivity contribution in [2.24, 2.45) is 13.0 Å². The highest BCUT2D eigenvalue weighted by atomic mass is 16.3. The third kappa shape index (κ3) is 4.07. The van der Waals surface area contributed by atoms with E-state index in [2.05, 4.69) is 24.8 Å². The van der Waals surface area contributed by atoms with E-state index in [1.807, 2.05) is 36.9 Å². The molecule has 152 valence electrons. The van der Waals surface area contributed by atoms with Gasteiger partial charge in [-0.2, -0.15) is 0 Å². The molecular formula is C21H26N6O2. The fraction of sp³-hybridized carbons (Fsp3) is 0.429. The van der Waals surface area contributed by atoms with Gasteiger partial charge in [0.05, 0.1) is 0 Å². The Morgan fingerprint density at radius 3 is 2.90 bits per heavy atom. The SMILES string of the molecule is CCc1cc(=O)[nH]c(-c2ccc(N3CCCC(C(O)c4nccn4C)C3)nc2)n1. The topological polar surface area (TPSA) is 99.9 Å². The molecule has 1 saturated heterocycles. The maximum Gasteiger partial charge on any atom is 0.251 e. The summed E-state index contributed by atoms with van der Waals surface area (Å²) in [7, 11) is 1.90. The molecule has 2 N–H and O–H groups in total. The van der Waals surface area contributed by atoms with Crippen LogP contribution < -0.4 is 10.5 Å². The van der Waals surface area contributed by atoms with E-state index in [4.69, 9.17) is 0 Å². The number of aliphatic hydroxyl groups is 1. The molecule has 8 heteroatoms. The highest BCUT2D eigenvalue weighted by Crippen LogP contribution is 2.31. The Labute approximate surface area is 169 Å². The van der Waals surface area contributed by atoms with Crippen molar-refractivity contribution >= 4 is 5.82 Å². The zero-order valence-corrected chi connectivity index (χ0v) is 16.7. The zero-order chi connectivity index (χ0) is 20.4. The van der Waals surface area contributed by atoms with E-state index in [-0.39, 0.29) is 11.5 Å². The number of aliphatic hydroxyl groups excluding tert-OH is 1. The quantitative estimate of drug-likeness (QED) is 0.687. The largest absolute Gasteiger partial charge is 0.385 e. The lowest BCUT2D eigenvalue weighted by Gasteiger charge is -2.35. The van der Waals surface area contributed by atoms with Gasteiger partial charge in [-0.05, 0) is 31.4 Å². The van der Waals surface area contributed by atoms with Gasteiger partial charge in [-0.15, -0.1) is 0 Å². The average Bonchev–Trinajstić information content (AvgIpc) is 3.18. The molecule has 3 aromatic rings. The van der Waals surface area contributed by atoms with Gasteiger partial charge in [-0.3, -0.25) is 4.79 Å². The van der Waals surface area contributed by atoms with Crippen LogP contribution in [0.2, 0.25) is 0 Å². The van der Waals surface area contributed by atoms with Crippen LogP contribution in [-0.4, -0.2) is 42.7 Å². The van der Waals surface area contributed by atoms with E-state index in [9.17, 15) is 9.90 Å². The number of pyridine rings is 1. The number of imidazole rings is 1. The van der Waals surface area contributed by atoms with E-state index in [1.165, 1.54) is 6.07 Å². The number of piperidine rings is 1. The van der Waals surface area contributed by atoms with Crippen molar-refractivity contribution in [1.82, 2.24) is 24.5 Å². The Balaban J connectivity index is 1.51. The Hall–Kier alpha value is -3.00. The van der Waals surface area contributed by atoms with Crippen molar-refractivity contribution in [2.75, 3.05) is 18.0 Å². The van der Waals surface area contributed by atoms with Gasteiger partial charge in [0, 0.05) is 62.0 Å². The van der Waals surface area contributed by atoms with Crippen molar-refractivity contribution in [3.05, 3.63) is 58.7 Å². The molecule has 0 radical (unpaired) electrons. The summed E-state index contributed by atoms with van der Waals surface area (Å²) >= 11 is 0. The number of nitrogens with zero attached hydrogens (tertiary/aromatic N) is 5. The summed E-state index contributed by atoms with van der Waals surface area (Å²) in [5.74, 6) is 2.20. The number of anilines is 1. The Bertz CT molecular complexity index is 1030. The van der Waals surface area contributed by atoms with Gasteiger partial charge in [0.2, 0.25) is 0 Å². The summed E-state index contributed by atoms with van der Waals surface area (Å²) in [5, 5.41) is 10.8. The van der Waals surface area contributed by atoms with Crippen LogP contribution in [0, 0.1) is 5.92 Å². The van der Waals surface area contributed by atoms with Gasteiger partial charge < -0.3 is 19.6 Å². The minimum Gasteiger partial charge on any atom is -0.385 e. The molecule has 2 atom stereocenters. The monoisotopic (exact) mass is 394 g/mol. The lowest BCUT2D eigenvalue weighted by atomic mass is 9.92. The number of rotatable bonds is 5. The Kier molecular flexibility index (Phi) is 5.44. The fourth-order valence-electron chi connectivity index (χ4n) is 3.89. The normalized spacial score (nSPS) is 18.0. The molecule has 2 unspecified atom stereocenters. The van der Waals surface area contributed by atoms with Crippen LogP contribution in [0.15, 0.2) is 41.6 Å². The number of aromatic amines is 1. The molecule has 8 nitrogen and oxygen atoms in total. The first-order valence-corrected chi connectivity index (χ1v) is 10.0. The summed E-state index contributed by atoms with van der Waals surface area (Å²) in [4.78, 5) is 30.2. The minimum atomic E-state index is -0.594. The first-order valence-electron chi connectivity index (χ1n) is 10.0. The van der Waals surface area contributed by atoms with Crippen molar-refractivity contribution in [2.45, 2.75) is 32.3 Å². The van der Waals surface area contributed by atoms with Crippen molar-refractivity contribution < 1.29 is 5.11 Å². The van der Waals surface area contributed by atoms with E-state index in [1.54, 1.807) is 12.4 Å². The second-order valence-corrected chi connectivity index (χ2v) is 7.53. The second kappa shape index (κ2) is 8.16. The summed E-state index contributed by atoms with van der Waals surface area (Å²) in [6.45, 7) is 3.59. The molecule has 29 heavy (non-hydrogen) atoms. The first-order chi connectivity index (χ1) is 14.0. The average molecular weight is 394 g/mol. The van der Waals surface area contributed by atoms with E-state index >= 15 is 0 Å². The smallest absolute Gasteiger partial charge is 0.251 e. The molecule has 0 bridgehead atoms. The van der Waals surface area contributed by atoms with Crippen LogP contribution in [-0.2, 0) is 13.5 Å². The van der Waals surface area contributed by atoms with Crippen LogP contribution in [0.4, 0.5) is 5.82 Å². The molecule has 1 aliphatic rings. The fourth-order valence-corrected chi connectivity index (χ4v) is 3.89. The van der Waals surface area contributed by atoms with Crippen LogP contribution in [0.25, 0.3) is 11.4 Å². The lowest BCUT2D eigenvalue weighted by molar-refractivity contribution is 0.0874. The van der Waals surface area contributed by atoms with E-state index < -0.39 is 6.10 Å². The number of aromatic nitrogens is 5.